The van der Waals surface area contributed by atoms with E-state index in [0.29, 0.717) is 5.92 Å². The molecule has 3 nitrogen and oxygen atoms in total. The largest absolute Gasteiger partial charge is 0.390 e. The number of hydrogen-bond donors (Lipinski definition) is 1. The molecule has 0 bridgehead atoms. The maximum absolute atomic E-state index is 10.1. The molecule has 0 unspecified atom stereocenters. The molecular weight excluding hydrogens is 228 g/mol. The average molecular weight is 248 g/mol. The van der Waals surface area contributed by atoms with Crippen molar-refractivity contribution in [2.45, 2.75) is 50.8 Å². The molecule has 4 atom stereocenters. The second-order valence-corrected chi connectivity index (χ2v) is 5.82. The molecule has 18 heavy (non-hydrogen) atoms. The van der Waals surface area contributed by atoms with Crippen LogP contribution < -0.4 is 0 Å². The molecule has 98 valence electrons. The van der Waals surface area contributed by atoms with E-state index in [9.17, 15) is 5.11 Å². The first kappa shape index (κ1) is 12.2. The zero-order valence-electron chi connectivity index (χ0n) is 10.9. The lowest BCUT2D eigenvalue weighted by Gasteiger charge is -2.22. The lowest BCUT2D eigenvalue weighted by Crippen LogP contribution is -2.28. The zero-order chi connectivity index (χ0) is 12.8. The van der Waals surface area contributed by atoms with E-state index in [4.69, 9.17) is 9.47 Å². The van der Waals surface area contributed by atoms with Crippen LogP contribution in [0.15, 0.2) is 30.3 Å². The summed E-state index contributed by atoms with van der Waals surface area (Å²) in [6.07, 6.45) is 1.17. The van der Waals surface area contributed by atoms with Crippen molar-refractivity contribution in [2.75, 3.05) is 0 Å². The minimum absolute atomic E-state index is 0.0233. The van der Waals surface area contributed by atoms with Crippen LogP contribution >= 0.6 is 0 Å². The van der Waals surface area contributed by atoms with Gasteiger partial charge < -0.3 is 14.6 Å². The first-order valence-electron chi connectivity index (χ1n) is 6.63. The van der Waals surface area contributed by atoms with E-state index in [1.54, 1.807) is 0 Å². The van der Waals surface area contributed by atoms with E-state index in [0.717, 1.165) is 12.8 Å². The normalized spacial score (nSPS) is 37.7. The second kappa shape index (κ2) is 4.34. The van der Waals surface area contributed by atoms with Crippen molar-refractivity contribution in [1.29, 1.82) is 0 Å². The number of fused-ring (bicyclic) bond motifs is 1. The fourth-order valence-electron chi connectivity index (χ4n) is 3.17. The van der Waals surface area contributed by atoms with E-state index in [1.807, 2.05) is 32.0 Å². The Labute approximate surface area is 108 Å². The molecule has 0 amide bonds. The molecular formula is C15H20O3. The maximum atomic E-state index is 10.1. The summed E-state index contributed by atoms with van der Waals surface area (Å²) >= 11 is 0. The van der Waals surface area contributed by atoms with E-state index >= 15 is 0 Å². The molecule has 1 saturated carbocycles. The van der Waals surface area contributed by atoms with Gasteiger partial charge >= 0.3 is 0 Å². The topological polar surface area (TPSA) is 38.7 Å². The third-order valence-electron chi connectivity index (χ3n) is 3.89. The SMILES string of the molecule is CC1(C)O[C@@H]2[C@@H](Cc3ccccc3)C[C@H](O)[C@@H]2O1. The van der Waals surface area contributed by atoms with Crippen LogP contribution in [0.4, 0.5) is 0 Å². The first-order chi connectivity index (χ1) is 8.55. The summed E-state index contributed by atoms with van der Waals surface area (Å²) in [6.45, 7) is 3.83. The molecule has 2 fully saturated rings. The molecule has 1 aliphatic heterocycles. The quantitative estimate of drug-likeness (QED) is 0.871. The van der Waals surface area contributed by atoms with Crippen molar-refractivity contribution >= 4 is 0 Å². The molecule has 3 rings (SSSR count). The molecule has 0 spiro atoms. The number of aliphatic hydroxyl groups is 1. The summed E-state index contributed by atoms with van der Waals surface area (Å²) < 4.78 is 11.7. The van der Waals surface area contributed by atoms with Crippen molar-refractivity contribution < 1.29 is 14.6 Å². The van der Waals surface area contributed by atoms with Crippen LogP contribution in [-0.2, 0) is 15.9 Å². The lowest BCUT2D eigenvalue weighted by atomic mass is 9.96. The predicted molar refractivity (Wildman–Crippen MR) is 68.1 cm³/mol. The van der Waals surface area contributed by atoms with Crippen molar-refractivity contribution in [3.8, 4) is 0 Å². The Bertz CT molecular complexity index is 415. The highest BCUT2D eigenvalue weighted by molar-refractivity contribution is 5.17. The minimum Gasteiger partial charge on any atom is -0.390 e. The van der Waals surface area contributed by atoms with Crippen LogP contribution in [0.25, 0.3) is 0 Å². The molecule has 1 aromatic carbocycles. The van der Waals surface area contributed by atoms with Crippen molar-refractivity contribution in [2.24, 2.45) is 5.92 Å². The summed E-state index contributed by atoms with van der Waals surface area (Å²) in [7, 11) is 0. The van der Waals surface area contributed by atoms with Crippen molar-refractivity contribution in [3.63, 3.8) is 0 Å². The Morgan fingerprint density at radius 1 is 1.17 bits per heavy atom. The van der Waals surface area contributed by atoms with Gasteiger partial charge in [-0.05, 0) is 38.2 Å². The van der Waals surface area contributed by atoms with Crippen LogP contribution in [0, 0.1) is 5.92 Å². The van der Waals surface area contributed by atoms with Gasteiger partial charge in [0, 0.05) is 0 Å². The summed E-state index contributed by atoms with van der Waals surface area (Å²) in [5.41, 5.74) is 1.30. The molecule has 2 aliphatic rings. The molecule has 1 saturated heterocycles. The number of benzene rings is 1. The highest BCUT2D eigenvalue weighted by Crippen LogP contribution is 2.42. The number of rotatable bonds is 2. The Morgan fingerprint density at radius 2 is 1.83 bits per heavy atom. The van der Waals surface area contributed by atoms with Crippen LogP contribution in [-0.4, -0.2) is 29.2 Å². The fraction of sp³-hybridized carbons (Fsp3) is 0.600. The summed E-state index contributed by atoms with van der Waals surface area (Å²) in [4.78, 5) is 0. The highest BCUT2D eigenvalue weighted by Gasteiger charge is 2.53. The molecule has 1 heterocycles. The van der Waals surface area contributed by atoms with Gasteiger partial charge in [-0.2, -0.15) is 0 Å². The maximum Gasteiger partial charge on any atom is 0.163 e. The van der Waals surface area contributed by atoms with Gasteiger partial charge in [0.15, 0.2) is 5.79 Å². The van der Waals surface area contributed by atoms with E-state index in [-0.39, 0.29) is 12.2 Å². The van der Waals surface area contributed by atoms with E-state index < -0.39 is 11.9 Å². The Morgan fingerprint density at radius 3 is 2.56 bits per heavy atom. The van der Waals surface area contributed by atoms with Gasteiger partial charge in [-0.1, -0.05) is 30.3 Å². The fourth-order valence-corrected chi connectivity index (χ4v) is 3.17. The third-order valence-corrected chi connectivity index (χ3v) is 3.89. The Balaban J connectivity index is 1.74. The number of ether oxygens (including phenoxy) is 2. The van der Waals surface area contributed by atoms with Gasteiger partial charge in [-0.3, -0.25) is 0 Å². The number of aliphatic hydroxyl groups excluding tert-OH is 1. The van der Waals surface area contributed by atoms with Crippen molar-refractivity contribution in [1.82, 2.24) is 0 Å². The van der Waals surface area contributed by atoms with Gasteiger partial charge in [0.25, 0.3) is 0 Å². The monoisotopic (exact) mass is 248 g/mol. The Kier molecular flexibility index (Phi) is 2.93. The predicted octanol–water partition coefficient (Wildman–Crippen LogP) is 2.13. The van der Waals surface area contributed by atoms with Gasteiger partial charge in [0.05, 0.1) is 12.2 Å². The summed E-state index contributed by atoms with van der Waals surface area (Å²) in [5, 5.41) is 10.1. The Hall–Kier alpha value is -0.900. The molecule has 3 heteroatoms. The average Bonchev–Trinajstić information content (AvgIpc) is 2.77. The van der Waals surface area contributed by atoms with Gasteiger partial charge in [-0.25, -0.2) is 0 Å². The minimum atomic E-state index is -0.564. The second-order valence-electron chi connectivity index (χ2n) is 5.82. The smallest absolute Gasteiger partial charge is 0.163 e. The van der Waals surface area contributed by atoms with Gasteiger partial charge in [0.1, 0.15) is 6.10 Å². The summed E-state index contributed by atoms with van der Waals surface area (Å²) in [5.74, 6) is -0.222. The highest BCUT2D eigenvalue weighted by atomic mass is 16.8. The number of hydrogen-bond acceptors (Lipinski definition) is 3. The molecule has 0 radical (unpaired) electrons. The van der Waals surface area contributed by atoms with Gasteiger partial charge in [-0.15, -0.1) is 0 Å². The molecule has 0 aromatic heterocycles. The molecule has 1 aromatic rings. The molecule has 1 aliphatic carbocycles. The van der Waals surface area contributed by atoms with E-state index in [1.165, 1.54) is 5.56 Å². The third kappa shape index (κ3) is 2.18. The lowest BCUT2D eigenvalue weighted by molar-refractivity contribution is -0.166. The first-order valence-corrected chi connectivity index (χ1v) is 6.63. The molecule has 1 N–H and O–H groups in total. The van der Waals surface area contributed by atoms with Crippen LogP contribution in [0.3, 0.4) is 0 Å². The van der Waals surface area contributed by atoms with Gasteiger partial charge in [0.2, 0.25) is 0 Å². The van der Waals surface area contributed by atoms with E-state index in [2.05, 4.69) is 12.1 Å². The van der Waals surface area contributed by atoms with Crippen LogP contribution in [0.1, 0.15) is 25.8 Å². The van der Waals surface area contributed by atoms with Crippen LogP contribution in [0.2, 0.25) is 0 Å². The standard InChI is InChI=1S/C15H20O3/c1-15(2)17-13-11(9-12(16)14(13)18-15)8-10-6-4-3-5-7-10/h3-7,11-14,16H,8-9H2,1-2H3/t11-,12-,13+,14-/m0/s1. The van der Waals surface area contributed by atoms with Crippen molar-refractivity contribution in [3.05, 3.63) is 35.9 Å². The zero-order valence-corrected chi connectivity index (χ0v) is 10.9. The van der Waals surface area contributed by atoms with Crippen LogP contribution in [0.5, 0.6) is 0 Å². The summed E-state index contributed by atoms with van der Waals surface area (Å²) in [6, 6.07) is 10.4.